The maximum Gasteiger partial charge on any atom is 0.0727 e. The summed E-state index contributed by atoms with van der Waals surface area (Å²) >= 11 is 0. The van der Waals surface area contributed by atoms with E-state index in [1.807, 2.05) is 0 Å². The molecule has 2 nitrogen and oxygen atoms in total. The number of fused-ring (bicyclic) bond motifs is 10. The summed E-state index contributed by atoms with van der Waals surface area (Å²) in [6, 6.07) is 62.6. The van der Waals surface area contributed by atoms with E-state index in [2.05, 4.69) is 209 Å². The van der Waals surface area contributed by atoms with E-state index in [-0.39, 0.29) is 0 Å². The molecule has 344 valence electrons. The number of rotatable bonds is 8. The van der Waals surface area contributed by atoms with Crippen molar-refractivity contribution in [2.24, 2.45) is 0 Å². The van der Waals surface area contributed by atoms with Crippen molar-refractivity contribution in [2.45, 2.75) is 123 Å². The molecule has 4 aliphatic rings. The summed E-state index contributed by atoms with van der Waals surface area (Å²) in [5, 5.41) is 0. The van der Waals surface area contributed by atoms with Gasteiger partial charge in [-0.05, 0) is 230 Å². The number of hydrogen-bond donors (Lipinski definition) is 0. The van der Waals surface area contributed by atoms with Crippen LogP contribution >= 0.6 is 0 Å². The van der Waals surface area contributed by atoms with E-state index in [0.717, 1.165) is 0 Å². The van der Waals surface area contributed by atoms with Crippen molar-refractivity contribution in [2.75, 3.05) is 9.80 Å². The Morgan fingerprint density at radius 2 is 0.623 bits per heavy atom. The van der Waals surface area contributed by atoms with Crippen LogP contribution in [0.4, 0.5) is 34.1 Å². The smallest absolute Gasteiger partial charge is 0.0727 e. The third-order valence-electron chi connectivity index (χ3n) is 17.0. The van der Waals surface area contributed by atoms with Gasteiger partial charge in [0.15, 0.2) is 0 Å². The molecule has 8 aromatic carbocycles. The van der Waals surface area contributed by atoms with Crippen LogP contribution in [-0.4, -0.2) is 0 Å². The van der Waals surface area contributed by atoms with Crippen molar-refractivity contribution in [1.29, 1.82) is 0 Å². The minimum atomic E-state index is -0.541. The van der Waals surface area contributed by atoms with Crippen molar-refractivity contribution >= 4 is 34.1 Å². The van der Waals surface area contributed by atoms with Crippen LogP contribution < -0.4 is 9.80 Å². The fourth-order valence-corrected chi connectivity index (χ4v) is 12.9. The molecule has 0 heterocycles. The molecule has 0 aliphatic heterocycles. The number of nitrogens with zero attached hydrogens (tertiary/aromatic N) is 2. The summed E-state index contributed by atoms with van der Waals surface area (Å²) in [6.45, 7) is 13.3. The molecule has 4 aliphatic carbocycles. The van der Waals surface area contributed by atoms with Gasteiger partial charge in [-0.1, -0.05) is 135 Å². The lowest BCUT2D eigenvalue weighted by atomic mass is 9.69. The third kappa shape index (κ3) is 7.36. The Labute approximate surface area is 411 Å². The zero-order valence-electron chi connectivity index (χ0n) is 41.6. The van der Waals surface area contributed by atoms with E-state index in [9.17, 15) is 0 Å². The first-order chi connectivity index (χ1) is 33.6. The largest absolute Gasteiger partial charge is 0.310 e. The minimum Gasteiger partial charge on any atom is -0.310 e. The highest BCUT2D eigenvalue weighted by Gasteiger charge is 2.53. The molecule has 0 radical (unpaired) electrons. The summed E-state index contributed by atoms with van der Waals surface area (Å²) in [5.74, 6) is 1.17. The van der Waals surface area contributed by atoms with Gasteiger partial charge in [0.1, 0.15) is 0 Å². The van der Waals surface area contributed by atoms with Crippen LogP contribution in [0.1, 0.15) is 143 Å². The first-order valence-electron chi connectivity index (χ1n) is 26.1. The first-order valence-corrected chi connectivity index (χ1v) is 26.1. The molecule has 0 amide bonds. The fourth-order valence-electron chi connectivity index (χ4n) is 12.9. The van der Waals surface area contributed by atoms with Crippen LogP contribution in [0.3, 0.4) is 0 Å². The summed E-state index contributed by atoms with van der Waals surface area (Å²) in [4.78, 5) is 5.00. The molecule has 0 unspecified atom stereocenters. The van der Waals surface area contributed by atoms with Gasteiger partial charge >= 0.3 is 0 Å². The van der Waals surface area contributed by atoms with Crippen LogP contribution in [0.15, 0.2) is 158 Å². The Hall–Kier alpha value is -6.64. The highest BCUT2D eigenvalue weighted by molar-refractivity contribution is 5.98. The Morgan fingerprint density at radius 1 is 0.304 bits per heavy atom. The highest BCUT2D eigenvalue weighted by Crippen LogP contribution is 2.65. The summed E-state index contributed by atoms with van der Waals surface area (Å²) in [7, 11) is 0. The molecule has 0 bridgehead atoms. The van der Waals surface area contributed by atoms with Gasteiger partial charge in [0.05, 0.1) is 5.41 Å². The molecule has 0 N–H and O–H groups in total. The van der Waals surface area contributed by atoms with E-state index < -0.39 is 5.41 Å². The second-order valence-corrected chi connectivity index (χ2v) is 21.4. The molecule has 2 heteroatoms. The van der Waals surface area contributed by atoms with Crippen molar-refractivity contribution in [3.05, 3.63) is 224 Å². The van der Waals surface area contributed by atoms with Crippen molar-refractivity contribution < 1.29 is 0 Å². The molecule has 0 atom stereocenters. The molecule has 1 spiro atoms. The summed E-state index contributed by atoms with van der Waals surface area (Å²) < 4.78 is 0. The predicted octanol–water partition coefficient (Wildman–Crippen LogP) is 18.9. The van der Waals surface area contributed by atoms with Crippen LogP contribution in [0.2, 0.25) is 0 Å². The Kier molecular flexibility index (Phi) is 11.0. The monoisotopic (exact) mass is 899 g/mol. The third-order valence-corrected chi connectivity index (χ3v) is 17.0. The molecular formula is C67H66N2. The average molecular weight is 899 g/mol. The minimum absolute atomic E-state index is 0.541. The number of benzene rings is 8. The standard InChI is InChI=1S/C67H66N2/c1-43-17-25-53(26-18-43)68(55-29-21-45(3)47(5)37-55)57-31-35-61-62-36-32-58(69(54-27-19-44(2)20-28-54)56-30-22-46(4)48(6)38-56)42-66(62)67(65(61)41-57)63-39-51(49-13-9-7-10-14-49)23-33-59(63)60-34-24-52(40-64(60)67)50-15-11-8-12-16-50/h17-42,49-50H,7-16H2,1-6H3. The number of hydrogen-bond acceptors (Lipinski definition) is 2. The van der Waals surface area contributed by atoms with Crippen LogP contribution in [-0.2, 0) is 5.41 Å². The van der Waals surface area contributed by atoms with Crippen molar-refractivity contribution in [3.8, 4) is 22.3 Å². The molecule has 0 saturated heterocycles. The molecule has 69 heavy (non-hydrogen) atoms. The van der Waals surface area contributed by atoms with Gasteiger partial charge in [-0.15, -0.1) is 0 Å². The summed E-state index contributed by atoms with van der Waals surface area (Å²) in [6.07, 6.45) is 13.1. The number of anilines is 6. The quantitative estimate of drug-likeness (QED) is 0.150. The zero-order valence-corrected chi connectivity index (χ0v) is 41.6. The molecule has 2 fully saturated rings. The van der Waals surface area contributed by atoms with E-state index in [1.165, 1.54) is 187 Å². The lowest BCUT2D eigenvalue weighted by molar-refractivity contribution is 0.443. The Morgan fingerprint density at radius 3 is 1.00 bits per heavy atom. The average Bonchev–Trinajstić information content (AvgIpc) is 3.83. The van der Waals surface area contributed by atoms with Crippen molar-refractivity contribution in [3.63, 3.8) is 0 Å². The molecular weight excluding hydrogens is 833 g/mol. The maximum absolute atomic E-state index is 2.70. The van der Waals surface area contributed by atoms with Gasteiger partial charge < -0.3 is 9.80 Å². The van der Waals surface area contributed by atoms with Gasteiger partial charge in [0.2, 0.25) is 0 Å². The fraction of sp³-hybridized carbons (Fsp3) is 0.284. The molecule has 12 rings (SSSR count). The van der Waals surface area contributed by atoms with Gasteiger partial charge in [-0.3, -0.25) is 0 Å². The predicted molar refractivity (Wildman–Crippen MR) is 292 cm³/mol. The van der Waals surface area contributed by atoms with E-state index in [0.29, 0.717) is 11.8 Å². The van der Waals surface area contributed by atoms with Crippen LogP contribution in [0, 0.1) is 41.5 Å². The van der Waals surface area contributed by atoms with Crippen LogP contribution in [0.5, 0.6) is 0 Å². The van der Waals surface area contributed by atoms with E-state index >= 15 is 0 Å². The molecule has 8 aromatic rings. The Bertz CT molecular complexity index is 3030. The maximum atomic E-state index is 2.70. The zero-order chi connectivity index (χ0) is 47.0. The SMILES string of the molecule is Cc1ccc(N(c2ccc(C)c(C)c2)c2ccc3c(c2)C2(c4cc(C5CCCCC5)ccc4-c4ccc(C5CCCCC5)cc42)c2cc(N(c4ccc(C)cc4)c4ccc(C)c(C)c4)ccc2-3)cc1. The molecule has 2 saturated carbocycles. The van der Waals surface area contributed by atoms with E-state index in [1.54, 1.807) is 0 Å². The van der Waals surface area contributed by atoms with Gasteiger partial charge in [-0.25, -0.2) is 0 Å². The normalized spacial score (nSPS) is 16.0. The second-order valence-electron chi connectivity index (χ2n) is 21.4. The second kappa shape index (κ2) is 17.4. The number of aryl methyl sites for hydroxylation is 6. The first kappa shape index (κ1) is 43.6. The highest BCUT2D eigenvalue weighted by atomic mass is 15.1. The molecule has 0 aromatic heterocycles. The van der Waals surface area contributed by atoms with Crippen molar-refractivity contribution in [1.82, 2.24) is 0 Å². The van der Waals surface area contributed by atoms with Crippen LogP contribution in [0.25, 0.3) is 22.3 Å². The lowest BCUT2D eigenvalue weighted by Gasteiger charge is -2.34. The van der Waals surface area contributed by atoms with Gasteiger partial charge in [-0.2, -0.15) is 0 Å². The Balaban J connectivity index is 1.16. The topological polar surface area (TPSA) is 6.48 Å². The van der Waals surface area contributed by atoms with Gasteiger partial charge in [0.25, 0.3) is 0 Å². The van der Waals surface area contributed by atoms with E-state index in [4.69, 9.17) is 0 Å². The lowest BCUT2D eigenvalue weighted by Crippen LogP contribution is -2.27. The summed E-state index contributed by atoms with van der Waals surface area (Å²) in [5.41, 5.74) is 28.5. The van der Waals surface area contributed by atoms with Gasteiger partial charge in [0, 0.05) is 34.1 Å².